The molecule has 1 aromatic carbocycles. The van der Waals surface area contributed by atoms with E-state index in [2.05, 4.69) is 31.6 Å². The third-order valence-corrected chi connectivity index (χ3v) is 6.87. The number of anilines is 2. The first-order valence-corrected chi connectivity index (χ1v) is 11.3. The summed E-state index contributed by atoms with van der Waals surface area (Å²) in [6.07, 6.45) is 0. The number of rotatable bonds is 7. The molecule has 0 unspecified atom stereocenters. The van der Waals surface area contributed by atoms with Gasteiger partial charge in [0, 0.05) is 19.3 Å². The summed E-state index contributed by atoms with van der Waals surface area (Å²) in [5.74, 6) is -0.253. The molecule has 0 spiro atoms. The number of thiazole rings is 1. The Hall–Kier alpha value is -2.40. The van der Waals surface area contributed by atoms with Crippen LogP contribution in [0.15, 0.2) is 46.0 Å². The van der Waals surface area contributed by atoms with Gasteiger partial charge in [-0.1, -0.05) is 17.4 Å². The smallest absolute Gasteiger partial charge is 0.277 e. The Morgan fingerprint density at radius 2 is 2.14 bits per heavy atom. The number of benzene rings is 1. The molecule has 3 aromatic heterocycles. The van der Waals surface area contributed by atoms with Gasteiger partial charge < -0.3 is 9.62 Å². The summed E-state index contributed by atoms with van der Waals surface area (Å²) < 4.78 is 7.28. The maximum atomic E-state index is 12.6. The molecule has 2 N–H and O–H groups in total. The van der Waals surface area contributed by atoms with Crippen LogP contribution in [-0.2, 0) is 13.6 Å². The van der Waals surface area contributed by atoms with Gasteiger partial charge in [0.15, 0.2) is 10.8 Å². The largest absolute Gasteiger partial charge is 0.325 e. The van der Waals surface area contributed by atoms with Crippen LogP contribution in [0.3, 0.4) is 0 Å². The normalized spacial score (nSPS) is 11.3. The lowest BCUT2D eigenvalue weighted by Gasteiger charge is -2.08. The summed E-state index contributed by atoms with van der Waals surface area (Å²) in [5, 5.41) is 9.80. The van der Waals surface area contributed by atoms with E-state index in [-0.39, 0.29) is 5.91 Å². The molecule has 10 heteroatoms. The Kier molecular flexibility index (Phi) is 5.86. The van der Waals surface area contributed by atoms with Crippen LogP contribution in [0.25, 0.3) is 10.2 Å². The van der Waals surface area contributed by atoms with Crippen molar-refractivity contribution in [2.75, 3.05) is 24.1 Å². The highest BCUT2D eigenvalue weighted by Crippen LogP contribution is 2.31. The highest BCUT2D eigenvalue weighted by molar-refractivity contribution is 8.02. The second kappa shape index (κ2) is 8.54. The second-order valence-corrected chi connectivity index (χ2v) is 9.76. The fourth-order valence-electron chi connectivity index (χ4n) is 2.72. The minimum absolute atomic E-state index is 0.253. The molecule has 0 radical (unpaired) electrons. The van der Waals surface area contributed by atoms with E-state index in [1.54, 1.807) is 28.0 Å². The van der Waals surface area contributed by atoms with Crippen LogP contribution < -0.4 is 10.0 Å². The molecule has 0 aliphatic heterocycles. The molecule has 1 amide bonds. The number of hydrogen-bond acceptors (Lipinski definition) is 8. The molecular weight excluding hydrogens is 424 g/mol. The summed E-state index contributed by atoms with van der Waals surface area (Å²) in [4.78, 5) is 19.1. The molecule has 4 rings (SSSR count). The van der Waals surface area contributed by atoms with Crippen LogP contribution in [0.1, 0.15) is 16.2 Å². The first-order valence-electron chi connectivity index (χ1n) is 8.84. The summed E-state index contributed by atoms with van der Waals surface area (Å²) in [7, 11) is 5.81. The van der Waals surface area contributed by atoms with Crippen molar-refractivity contribution in [3.63, 3.8) is 0 Å². The lowest BCUT2D eigenvalue weighted by Crippen LogP contribution is -2.13. The summed E-state index contributed by atoms with van der Waals surface area (Å²) in [6.45, 7) is 0.719. The van der Waals surface area contributed by atoms with E-state index in [9.17, 15) is 4.79 Å². The number of aryl methyl sites for hydroxylation is 1. The van der Waals surface area contributed by atoms with Crippen LogP contribution in [0, 0.1) is 0 Å². The molecule has 3 heterocycles. The fourth-order valence-corrected chi connectivity index (χ4v) is 5.05. The standard InChI is InChI=1S/C19H20N6OS3/c1-24(2)11-13-10-15(22-25(13)3)18(26)21-19-20-14-7-6-12(9-16(14)28-19)23-29-17-5-4-8-27-17/h4-10,23H,11H2,1-3H3,(H,20,21,26). The maximum Gasteiger partial charge on any atom is 0.277 e. The molecule has 0 fully saturated rings. The average molecular weight is 445 g/mol. The van der Waals surface area contributed by atoms with Crippen LogP contribution in [0.2, 0.25) is 0 Å². The highest BCUT2D eigenvalue weighted by Gasteiger charge is 2.15. The third-order valence-electron chi connectivity index (χ3n) is 4.06. The van der Waals surface area contributed by atoms with Crippen LogP contribution in [0.4, 0.5) is 10.8 Å². The first kappa shape index (κ1) is 19.9. The predicted molar refractivity (Wildman–Crippen MR) is 122 cm³/mol. The molecule has 29 heavy (non-hydrogen) atoms. The van der Waals surface area contributed by atoms with E-state index in [0.29, 0.717) is 10.8 Å². The van der Waals surface area contributed by atoms with E-state index >= 15 is 0 Å². The number of nitrogens with zero attached hydrogens (tertiary/aromatic N) is 4. The Morgan fingerprint density at radius 3 is 2.90 bits per heavy atom. The Balaban J connectivity index is 1.46. The van der Waals surface area contributed by atoms with Gasteiger partial charge in [0.1, 0.15) is 0 Å². The number of nitrogens with one attached hydrogen (secondary N) is 2. The van der Waals surface area contributed by atoms with Gasteiger partial charge >= 0.3 is 0 Å². The SMILES string of the molecule is CN(C)Cc1cc(C(=O)Nc2nc3ccc(NSc4cccs4)cc3s2)nn1C. The van der Waals surface area contributed by atoms with Crippen molar-refractivity contribution in [1.82, 2.24) is 19.7 Å². The Labute approximate surface area is 180 Å². The topological polar surface area (TPSA) is 75.1 Å². The van der Waals surface area contributed by atoms with Gasteiger partial charge in [-0.2, -0.15) is 5.10 Å². The fraction of sp³-hybridized carbons (Fsp3) is 0.211. The molecule has 0 aliphatic rings. The monoisotopic (exact) mass is 444 g/mol. The lowest BCUT2D eigenvalue weighted by molar-refractivity contribution is 0.102. The van der Waals surface area contributed by atoms with Crippen LogP contribution >= 0.6 is 34.6 Å². The van der Waals surface area contributed by atoms with Crippen molar-refractivity contribution in [3.05, 3.63) is 53.2 Å². The van der Waals surface area contributed by atoms with E-state index in [4.69, 9.17) is 0 Å². The van der Waals surface area contributed by atoms with Crippen molar-refractivity contribution in [1.29, 1.82) is 0 Å². The van der Waals surface area contributed by atoms with Crippen molar-refractivity contribution in [2.45, 2.75) is 10.8 Å². The quantitative estimate of drug-likeness (QED) is 0.408. The van der Waals surface area contributed by atoms with Gasteiger partial charge in [0.25, 0.3) is 5.91 Å². The predicted octanol–water partition coefficient (Wildman–Crippen LogP) is 4.52. The third kappa shape index (κ3) is 4.78. The zero-order valence-corrected chi connectivity index (χ0v) is 18.6. The Morgan fingerprint density at radius 1 is 1.28 bits per heavy atom. The number of aromatic nitrogens is 3. The zero-order chi connectivity index (χ0) is 20.4. The summed E-state index contributed by atoms with van der Waals surface area (Å²) in [5.41, 5.74) is 3.21. The van der Waals surface area contributed by atoms with Crippen molar-refractivity contribution >= 4 is 61.6 Å². The maximum absolute atomic E-state index is 12.6. The minimum Gasteiger partial charge on any atom is -0.325 e. The number of thiophene rings is 1. The molecule has 150 valence electrons. The van der Waals surface area contributed by atoms with Gasteiger partial charge in [-0.05, 0) is 61.8 Å². The van der Waals surface area contributed by atoms with E-state index in [1.165, 1.54) is 15.5 Å². The first-order chi connectivity index (χ1) is 14.0. The average Bonchev–Trinajstić information content (AvgIpc) is 3.39. The van der Waals surface area contributed by atoms with E-state index in [1.807, 2.05) is 56.4 Å². The molecule has 0 aliphatic carbocycles. The zero-order valence-electron chi connectivity index (χ0n) is 16.2. The van der Waals surface area contributed by atoms with Crippen LogP contribution in [-0.4, -0.2) is 39.7 Å². The number of fused-ring (bicyclic) bond motifs is 1. The molecule has 0 atom stereocenters. The van der Waals surface area contributed by atoms with E-state index in [0.717, 1.165) is 28.1 Å². The Bertz CT molecular complexity index is 1130. The highest BCUT2D eigenvalue weighted by atomic mass is 32.2. The van der Waals surface area contributed by atoms with Gasteiger partial charge in [0.05, 0.1) is 20.1 Å². The van der Waals surface area contributed by atoms with Crippen molar-refractivity contribution in [2.24, 2.45) is 7.05 Å². The van der Waals surface area contributed by atoms with Gasteiger partial charge in [-0.3, -0.25) is 14.8 Å². The van der Waals surface area contributed by atoms with Crippen molar-refractivity contribution < 1.29 is 4.79 Å². The lowest BCUT2D eigenvalue weighted by atomic mass is 10.3. The van der Waals surface area contributed by atoms with Crippen molar-refractivity contribution in [3.8, 4) is 0 Å². The molecule has 0 saturated heterocycles. The summed E-state index contributed by atoms with van der Waals surface area (Å²) in [6, 6.07) is 11.9. The molecular formula is C19H20N6OS3. The number of carbonyl (C=O) groups is 1. The number of amides is 1. The molecule has 0 bridgehead atoms. The summed E-state index contributed by atoms with van der Waals surface area (Å²) >= 11 is 4.72. The number of carbonyl (C=O) groups excluding carboxylic acids is 1. The van der Waals surface area contributed by atoms with E-state index < -0.39 is 0 Å². The number of hydrogen-bond donors (Lipinski definition) is 2. The van der Waals surface area contributed by atoms with Gasteiger partial charge in [-0.15, -0.1) is 11.3 Å². The second-order valence-electron chi connectivity index (χ2n) is 6.67. The molecule has 7 nitrogen and oxygen atoms in total. The van der Waals surface area contributed by atoms with Gasteiger partial charge in [0.2, 0.25) is 0 Å². The van der Waals surface area contributed by atoms with Crippen LogP contribution in [0.5, 0.6) is 0 Å². The molecule has 4 aromatic rings. The van der Waals surface area contributed by atoms with Gasteiger partial charge in [-0.25, -0.2) is 4.98 Å². The minimum atomic E-state index is -0.253. The molecule has 0 saturated carbocycles.